The van der Waals surface area contributed by atoms with Gasteiger partial charge in [0.05, 0.1) is 26.0 Å². The molecule has 0 saturated carbocycles. The van der Waals surface area contributed by atoms with Crippen LogP contribution in [-0.2, 0) is 25.6 Å². The molecule has 3 aliphatic rings. The number of hydroxylamine groups is 1. The van der Waals surface area contributed by atoms with Crippen LogP contribution in [0, 0.1) is 0 Å². The normalized spacial score (nSPS) is 23.8. The van der Waals surface area contributed by atoms with Crippen molar-refractivity contribution in [3.63, 3.8) is 0 Å². The number of benzene rings is 1. The third-order valence-corrected chi connectivity index (χ3v) is 6.37. The lowest BCUT2D eigenvalue weighted by Gasteiger charge is -2.36. The topological polar surface area (TPSA) is 95.5 Å². The number of carbonyl (C=O) groups excluding carboxylic acids is 1. The summed E-state index contributed by atoms with van der Waals surface area (Å²) in [5.41, 5.74) is 7.48. The highest BCUT2D eigenvalue weighted by molar-refractivity contribution is 5.76. The molecule has 0 aliphatic carbocycles. The second-order valence-corrected chi connectivity index (χ2v) is 8.66. The molecule has 9 nitrogen and oxygen atoms in total. The summed E-state index contributed by atoms with van der Waals surface area (Å²) in [6.07, 6.45) is 5.21. The molecular formula is C24H34N4O5. The molecule has 0 aromatic heterocycles. The lowest BCUT2D eigenvalue weighted by molar-refractivity contribution is -0.150. The van der Waals surface area contributed by atoms with Gasteiger partial charge in [-0.3, -0.25) is 14.9 Å². The first kappa shape index (κ1) is 23.4. The molecule has 9 heteroatoms. The quantitative estimate of drug-likeness (QED) is 0.576. The van der Waals surface area contributed by atoms with Gasteiger partial charge in [0.25, 0.3) is 0 Å². The summed E-state index contributed by atoms with van der Waals surface area (Å²) in [7, 11) is 3.54. The molecule has 0 unspecified atom stereocenters. The van der Waals surface area contributed by atoms with Crippen molar-refractivity contribution < 1.29 is 24.2 Å². The first-order valence-electron chi connectivity index (χ1n) is 11.6. The number of hydrazine groups is 1. The lowest BCUT2D eigenvalue weighted by atomic mass is 9.96. The largest absolute Gasteiger partial charge is 0.481 e. The fourth-order valence-electron chi connectivity index (χ4n) is 4.75. The molecule has 0 radical (unpaired) electrons. The minimum Gasteiger partial charge on any atom is -0.481 e. The molecule has 1 aromatic carbocycles. The van der Waals surface area contributed by atoms with Gasteiger partial charge < -0.3 is 19.5 Å². The molecule has 1 saturated heterocycles. The van der Waals surface area contributed by atoms with Crippen molar-refractivity contribution in [3.8, 4) is 0 Å². The fourth-order valence-corrected chi connectivity index (χ4v) is 4.75. The highest BCUT2D eigenvalue weighted by atomic mass is 16.6. The van der Waals surface area contributed by atoms with Gasteiger partial charge in [-0.15, -0.1) is 0 Å². The fraction of sp³-hybridized carbons (Fsp3) is 0.542. The van der Waals surface area contributed by atoms with E-state index in [0.29, 0.717) is 25.7 Å². The number of hydrogen-bond donors (Lipinski definition) is 3. The Labute approximate surface area is 194 Å². The number of nitrogens with one attached hydrogen (secondary N) is 2. The smallest absolute Gasteiger partial charge is 0.323 e. The monoisotopic (exact) mass is 458 g/mol. The minimum absolute atomic E-state index is 0.142. The molecule has 3 N–H and O–H groups in total. The van der Waals surface area contributed by atoms with Crippen LogP contribution in [0.2, 0.25) is 0 Å². The average molecular weight is 459 g/mol. The number of fused-ring (bicyclic) bond motifs is 2. The summed E-state index contributed by atoms with van der Waals surface area (Å²) in [5, 5.41) is 15.3. The third kappa shape index (κ3) is 5.26. The number of piperidine rings is 1. The number of likely N-dealkylation sites (N-methyl/N-ethyl adjacent to an activating group) is 1. The Morgan fingerprint density at radius 3 is 2.97 bits per heavy atom. The van der Waals surface area contributed by atoms with E-state index in [1.54, 1.807) is 7.11 Å². The molecule has 4 rings (SSSR count). The van der Waals surface area contributed by atoms with Crippen molar-refractivity contribution in [1.82, 2.24) is 15.5 Å². The van der Waals surface area contributed by atoms with Crippen LogP contribution in [0.4, 0.5) is 5.69 Å². The number of hydrogen-bond acceptors (Lipinski definition) is 9. The van der Waals surface area contributed by atoms with Crippen LogP contribution in [0.3, 0.4) is 0 Å². The van der Waals surface area contributed by atoms with E-state index in [4.69, 9.17) is 14.2 Å². The van der Waals surface area contributed by atoms with E-state index in [9.17, 15) is 10.0 Å². The van der Waals surface area contributed by atoms with Crippen molar-refractivity contribution in [3.05, 3.63) is 46.9 Å². The molecule has 180 valence electrons. The number of esters is 1. The van der Waals surface area contributed by atoms with E-state index < -0.39 is 0 Å². The molecule has 0 bridgehead atoms. The van der Waals surface area contributed by atoms with Crippen molar-refractivity contribution in [2.75, 3.05) is 39.2 Å². The molecule has 33 heavy (non-hydrogen) atoms. The zero-order valence-electron chi connectivity index (χ0n) is 19.6. The predicted octanol–water partition coefficient (Wildman–Crippen LogP) is 2.84. The third-order valence-electron chi connectivity index (χ3n) is 6.37. The van der Waals surface area contributed by atoms with Crippen LogP contribution in [-0.4, -0.2) is 67.2 Å². The maximum atomic E-state index is 12.2. The molecule has 0 amide bonds. The molecule has 2 atom stereocenters. The Hall–Kier alpha value is -2.75. The number of nitrogens with zero attached hydrogens (tertiary/aromatic N) is 2. The second-order valence-electron chi connectivity index (χ2n) is 8.66. The summed E-state index contributed by atoms with van der Waals surface area (Å²) >= 11 is 0. The van der Waals surface area contributed by atoms with Gasteiger partial charge in [0.15, 0.2) is 0 Å². The number of rotatable bonds is 5. The van der Waals surface area contributed by atoms with Crippen LogP contribution in [0.15, 0.2) is 35.7 Å². The molecule has 1 aromatic rings. The molecule has 3 aliphatic heterocycles. The number of allylic oxidation sites excluding steroid dienone is 2. The van der Waals surface area contributed by atoms with E-state index in [-0.39, 0.29) is 18.1 Å². The standard InChI is InChI=1S/C24H34N4O5/c1-4-33-24(29)21-10-8-19(14-27(21)2)25-18-7-9-20-17(12-18)15-32-11-5-6-16-13-22(31-3)26-28(30)23(16)20/h7,9,12-13,19,21,25-26,30H,4-6,8,10-11,14-15H2,1-3H3/t19-,21+/m1/s1. The molecule has 0 spiro atoms. The Morgan fingerprint density at radius 2 is 2.21 bits per heavy atom. The van der Waals surface area contributed by atoms with Crippen molar-refractivity contribution in [1.29, 1.82) is 0 Å². The zero-order valence-corrected chi connectivity index (χ0v) is 19.6. The Morgan fingerprint density at radius 1 is 1.36 bits per heavy atom. The van der Waals surface area contributed by atoms with Crippen LogP contribution in [0.25, 0.3) is 5.70 Å². The van der Waals surface area contributed by atoms with E-state index >= 15 is 0 Å². The van der Waals surface area contributed by atoms with Gasteiger partial charge in [0.2, 0.25) is 5.88 Å². The Kier molecular flexibility index (Phi) is 7.42. The van der Waals surface area contributed by atoms with Crippen LogP contribution >= 0.6 is 0 Å². The number of likely N-dealkylation sites (tertiary alicyclic amines) is 1. The predicted molar refractivity (Wildman–Crippen MR) is 124 cm³/mol. The van der Waals surface area contributed by atoms with Gasteiger partial charge in [-0.25, -0.2) is 5.43 Å². The minimum atomic E-state index is -0.180. The maximum Gasteiger partial charge on any atom is 0.323 e. The number of carbonyl (C=O) groups is 1. The summed E-state index contributed by atoms with van der Waals surface area (Å²) in [4.78, 5) is 14.2. The van der Waals surface area contributed by atoms with Gasteiger partial charge >= 0.3 is 5.97 Å². The average Bonchev–Trinajstić information content (AvgIpc) is 2.88. The van der Waals surface area contributed by atoms with E-state index in [2.05, 4.69) is 21.7 Å². The van der Waals surface area contributed by atoms with Gasteiger partial charge in [-0.2, -0.15) is 5.17 Å². The van der Waals surface area contributed by atoms with Gasteiger partial charge in [-0.1, -0.05) is 6.07 Å². The van der Waals surface area contributed by atoms with Gasteiger partial charge in [0.1, 0.15) is 6.04 Å². The van der Waals surface area contributed by atoms with Gasteiger partial charge in [-0.05, 0) is 62.9 Å². The zero-order chi connectivity index (χ0) is 23.4. The van der Waals surface area contributed by atoms with Crippen molar-refractivity contribution >= 4 is 17.4 Å². The Bertz CT molecular complexity index is 931. The van der Waals surface area contributed by atoms with Crippen LogP contribution in [0.1, 0.15) is 43.7 Å². The molecule has 1 fully saturated rings. The van der Waals surface area contributed by atoms with E-state index in [0.717, 1.165) is 65.5 Å². The highest BCUT2D eigenvalue weighted by Crippen LogP contribution is 2.34. The highest BCUT2D eigenvalue weighted by Gasteiger charge is 2.32. The summed E-state index contributed by atoms with van der Waals surface area (Å²) in [5.74, 6) is 0.357. The van der Waals surface area contributed by atoms with Crippen LogP contribution < -0.4 is 10.7 Å². The second kappa shape index (κ2) is 10.5. The van der Waals surface area contributed by atoms with Crippen LogP contribution in [0.5, 0.6) is 0 Å². The van der Waals surface area contributed by atoms with Crippen molar-refractivity contribution in [2.24, 2.45) is 0 Å². The SMILES string of the molecule is CCOC(=O)[C@@H]1CC[C@@H](Nc2ccc3c(c2)COCCCC2=C3N(O)NC(OC)=C2)CN1C. The number of ether oxygens (including phenoxy) is 3. The van der Waals surface area contributed by atoms with Crippen molar-refractivity contribution in [2.45, 2.75) is 51.3 Å². The lowest BCUT2D eigenvalue weighted by Crippen LogP contribution is -2.49. The number of methoxy groups -OCH3 is 1. The summed E-state index contributed by atoms with van der Waals surface area (Å²) < 4.78 is 16.4. The molecule has 3 heterocycles. The van der Waals surface area contributed by atoms with E-state index in [1.165, 1.54) is 0 Å². The van der Waals surface area contributed by atoms with E-state index in [1.807, 2.05) is 32.2 Å². The van der Waals surface area contributed by atoms with Gasteiger partial charge in [0, 0.05) is 36.5 Å². The summed E-state index contributed by atoms with van der Waals surface area (Å²) in [6.45, 7) is 4.11. The molecular weight excluding hydrogens is 424 g/mol. The summed E-state index contributed by atoms with van der Waals surface area (Å²) in [6, 6.07) is 6.19. The maximum absolute atomic E-state index is 12.2. The first-order valence-corrected chi connectivity index (χ1v) is 11.6. The Balaban J connectivity index is 1.53. The number of anilines is 1. The first-order chi connectivity index (χ1) is 16.0.